The fourth-order valence-electron chi connectivity index (χ4n) is 3.21. The maximum absolute atomic E-state index is 13.0. The van der Waals surface area contributed by atoms with Gasteiger partial charge in [0.2, 0.25) is 0 Å². The van der Waals surface area contributed by atoms with Crippen LogP contribution < -0.4 is 10.1 Å². The molecule has 0 aromatic heterocycles. The number of aliphatic hydroxyl groups is 1. The molecule has 1 aliphatic rings. The first-order valence-electron chi connectivity index (χ1n) is 8.80. The maximum atomic E-state index is 13.0. The number of anilines is 1. The number of hydrogen-bond acceptors (Lipinski definition) is 4. The van der Waals surface area contributed by atoms with E-state index in [2.05, 4.69) is 22.3 Å². The Bertz CT molecular complexity index is 646. The summed E-state index contributed by atoms with van der Waals surface area (Å²) in [6, 6.07) is 15.0. The first-order chi connectivity index (χ1) is 12.2. The summed E-state index contributed by atoms with van der Waals surface area (Å²) in [6.45, 7) is 3.31. The lowest BCUT2D eigenvalue weighted by atomic mass is 10.0. The Hall–Kier alpha value is -2.11. The fraction of sp³-hybridized carbons (Fsp3) is 0.400. The van der Waals surface area contributed by atoms with E-state index in [9.17, 15) is 4.39 Å². The smallest absolute Gasteiger partial charge is 0.123 e. The second kappa shape index (κ2) is 8.83. The van der Waals surface area contributed by atoms with Crippen LogP contribution >= 0.6 is 0 Å². The van der Waals surface area contributed by atoms with E-state index in [1.54, 1.807) is 12.1 Å². The van der Waals surface area contributed by atoms with Gasteiger partial charge in [-0.25, -0.2) is 4.39 Å². The molecule has 2 aromatic carbocycles. The summed E-state index contributed by atoms with van der Waals surface area (Å²) < 4.78 is 18.4. The molecule has 2 N–H and O–H groups in total. The van der Waals surface area contributed by atoms with Gasteiger partial charge in [-0.1, -0.05) is 12.1 Å². The van der Waals surface area contributed by atoms with Crippen molar-refractivity contribution >= 4 is 5.69 Å². The van der Waals surface area contributed by atoms with Crippen LogP contribution in [0.2, 0.25) is 0 Å². The van der Waals surface area contributed by atoms with Crippen LogP contribution in [0, 0.1) is 5.82 Å². The lowest BCUT2D eigenvalue weighted by Gasteiger charge is -2.33. The molecule has 1 heterocycles. The summed E-state index contributed by atoms with van der Waals surface area (Å²) >= 11 is 0. The summed E-state index contributed by atoms with van der Waals surface area (Å²) in [6.07, 6.45) is 2.28. The lowest BCUT2D eigenvalue weighted by molar-refractivity contribution is 0.200. The first-order valence-corrected chi connectivity index (χ1v) is 8.80. The fourth-order valence-corrected chi connectivity index (χ4v) is 3.21. The topological polar surface area (TPSA) is 44.7 Å². The summed E-state index contributed by atoms with van der Waals surface area (Å²) in [5, 5.41) is 12.3. The summed E-state index contributed by atoms with van der Waals surface area (Å²) in [7, 11) is 0. The highest BCUT2D eigenvalue weighted by atomic mass is 19.1. The first kappa shape index (κ1) is 17.7. The van der Waals surface area contributed by atoms with Gasteiger partial charge in [-0.05, 0) is 61.3 Å². The molecule has 1 atom stereocenters. The summed E-state index contributed by atoms with van der Waals surface area (Å²) in [4.78, 5) is 2.44. The number of benzene rings is 2. The quantitative estimate of drug-likeness (QED) is 0.809. The standard InChI is InChI=1S/C20H25FN2O2/c21-17-5-7-18(8-6-17)22-19-2-1-11-23(15-19)14-16-3-9-20(10-4-16)25-13-12-24/h3-10,19,22,24H,1-2,11-15H2/t19-/m0/s1. The van der Waals surface area contributed by atoms with Crippen molar-refractivity contribution < 1.29 is 14.2 Å². The summed E-state index contributed by atoms with van der Waals surface area (Å²) in [5.41, 5.74) is 2.22. The van der Waals surface area contributed by atoms with E-state index in [-0.39, 0.29) is 12.4 Å². The number of nitrogens with zero attached hydrogens (tertiary/aromatic N) is 1. The average Bonchev–Trinajstić information content (AvgIpc) is 2.63. The Morgan fingerprint density at radius 3 is 2.60 bits per heavy atom. The molecule has 0 radical (unpaired) electrons. The van der Waals surface area contributed by atoms with Crippen molar-refractivity contribution in [2.24, 2.45) is 0 Å². The number of ether oxygens (including phenoxy) is 1. The molecule has 4 nitrogen and oxygen atoms in total. The van der Waals surface area contributed by atoms with Gasteiger partial charge in [-0.3, -0.25) is 4.90 Å². The Morgan fingerprint density at radius 2 is 1.88 bits per heavy atom. The van der Waals surface area contributed by atoms with Crippen molar-refractivity contribution in [3.05, 3.63) is 59.9 Å². The van der Waals surface area contributed by atoms with Gasteiger partial charge in [0, 0.05) is 24.8 Å². The Morgan fingerprint density at radius 1 is 1.12 bits per heavy atom. The van der Waals surface area contributed by atoms with E-state index in [0.717, 1.165) is 43.9 Å². The third kappa shape index (κ3) is 5.44. The highest BCUT2D eigenvalue weighted by Crippen LogP contribution is 2.19. The normalized spacial score (nSPS) is 18.1. The van der Waals surface area contributed by atoms with Crippen LogP contribution in [0.3, 0.4) is 0 Å². The molecule has 1 aliphatic heterocycles. The number of aliphatic hydroxyl groups excluding tert-OH is 1. The molecule has 1 saturated heterocycles. The van der Waals surface area contributed by atoms with Gasteiger partial charge < -0.3 is 15.2 Å². The predicted molar refractivity (Wildman–Crippen MR) is 97.3 cm³/mol. The van der Waals surface area contributed by atoms with Crippen molar-refractivity contribution in [3.8, 4) is 5.75 Å². The second-order valence-corrected chi connectivity index (χ2v) is 6.44. The number of piperidine rings is 1. The van der Waals surface area contributed by atoms with E-state index in [1.807, 2.05) is 12.1 Å². The van der Waals surface area contributed by atoms with E-state index >= 15 is 0 Å². The third-order valence-electron chi connectivity index (χ3n) is 4.41. The van der Waals surface area contributed by atoms with Crippen LogP contribution in [-0.2, 0) is 6.54 Å². The van der Waals surface area contributed by atoms with Crippen molar-refractivity contribution in [2.45, 2.75) is 25.4 Å². The molecular weight excluding hydrogens is 319 g/mol. The van der Waals surface area contributed by atoms with Gasteiger partial charge in [-0.2, -0.15) is 0 Å². The molecule has 0 spiro atoms. The molecule has 0 bridgehead atoms. The van der Waals surface area contributed by atoms with E-state index in [1.165, 1.54) is 17.7 Å². The van der Waals surface area contributed by atoms with E-state index < -0.39 is 0 Å². The van der Waals surface area contributed by atoms with Crippen LogP contribution in [0.4, 0.5) is 10.1 Å². The zero-order valence-electron chi connectivity index (χ0n) is 14.3. The Balaban J connectivity index is 1.51. The molecule has 0 amide bonds. The molecular formula is C20H25FN2O2. The van der Waals surface area contributed by atoms with Gasteiger partial charge >= 0.3 is 0 Å². The van der Waals surface area contributed by atoms with Gasteiger partial charge in [0.25, 0.3) is 0 Å². The lowest BCUT2D eigenvalue weighted by Crippen LogP contribution is -2.41. The molecule has 134 valence electrons. The minimum Gasteiger partial charge on any atom is -0.491 e. The number of nitrogens with one attached hydrogen (secondary N) is 1. The minimum absolute atomic E-state index is 0.0258. The van der Waals surface area contributed by atoms with E-state index in [4.69, 9.17) is 9.84 Å². The van der Waals surface area contributed by atoms with Crippen LogP contribution in [-0.4, -0.2) is 42.4 Å². The van der Waals surface area contributed by atoms with E-state index in [0.29, 0.717) is 12.6 Å². The van der Waals surface area contributed by atoms with Gasteiger partial charge in [-0.15, -0.1) is 0 Å². The Kier molecular flexibility index (Phi) is 6.25. The number of rotatable bonds is 7. The molecule has 3 rings (SSSR count). The average molecular weight is 344 g/mol. The van der Waals surface area contributed by atoms with Crippen LogP contribution in [0.1, 0.15) is 18.4 Å². The number of likely N-dealkylation sites (tertiary alicyclic amines) is 1. The van der Waals surface area contributed by atoms with Crippen molar-refractivity contribution in [2.75, 3.05) is 31.6 Å². The number of halogens is 1. The maximum Gasteiger partial charge on any atom is 0.123 e. The van der Waals surface area contributed by atoms with Crippen molar-refractivity contribution in [1.82, 2.24) is 4.90 Å². The molecule has 2 aromatic rings. The van der Waals surface area contributed by atoms with Crippen molar-refractivity contribution in [3.63, 3.8) is 0 Å². The molecule has 0 unspecified atom stereocenters. The minimum atomic E-state index is -0.206. The van der Waals surface area contributed by atoms with Crippen LogP contribution in [0.15, 0.2) is 48.5 Å². The summed E-state index contributed by atoms with van der Waals surface area (Å²) in [5.74, 6) is 0.578. The zero-order chi connectivity index (χ0) is 17.5. The molecule has 25 heavy (non-hydrogen) atoms. The van der Waals surface area contributed by atoms with Crippen LogP contribution in [0.25, 0.3) is 0 Å². The van der Waals surface area contributed by atoms with Crippen LogP contribution in [0.5, 0.6) is 5.75 Å². The zero-order valence-corrected chi connectivity index (χ0v) is 14.3. The molecule has 0 aliphatic carbocycles. The molecule has 5 heteroatoms. The van der Waals surface area contributed by atoms with Gasteiger partial charge in [0.15, 0.2) is 0 Å². The number of hydrogen-bond donors (Lipinski definition) is 2. The SMILES string of the molecule is OCCOc1ccc(CN2CCC[C@H](Nc3ccc(F)cc3)C2)cc1. The second-order valence-electron chi connectivity index (χ2n) is 6.44. The largest absolute Gasteiger partial charge is 0.491 e. The molecule has 0 saturated carbocycles. The monoisotopic (exact) mass is 344 g/mol. The Labute approximate surface area is 148 Å². The highest BCUT2D eigenvalue weighted by molar-refractivity contribution is 5.44. The van der Waals surface area contributed by atoms with Crippen molar-refractivity contribution in [1.29, 1.82) is 0 Å². The molecule has 1 fully saturated rings. The predicted octanol–water partition coefficient (Wildman–Crippen LogP) is 3.27. The highest BCUT2D eigenvalue weighted by Gasteiger charge is 2.19. The third-order valence-corrected chi connectivity index (χ3v) is 4.41. The van der Waals surface area contributed by atoms with Gasteiger partial charge in [0.1, 0.15) is 18.2 Å². The van der Waals surface area contributed by atoms with Gasteiger partial charge in [0.05, 0.1) is 6.61 Å².